The summed E-state index contributed by atoms with van der Waals surface area (Å²) in [5, 5.41) is 0.660. The molecule has 0 unspecified atom stereocenters. The zero-order valence-electron chi connectivity index (χ0n) is 38.1. The van der Waals surface area contributed by atoms with E-state index in [-0.39, 0.29) is 67.7 Å². The molecule has 2 aliphatic carbocycles. The molecule has 1 saturated heterocycles. The van der Waals surface area contributed by atoms with Crippen molar-refractivity contribution in [2.24, 2.45) is 29.1 Å². The third-order valence-corrected chi connectivity index (χ3v) is 14.7. The number of sulfonamides is 1. The fourth-order valence-corrected chi connectivity index (χ4v) is 10.7. The van der Waals surface area contributed by atoms with Crippen LogP contribution in [-0.4, -0.2) is 84.6 Å². The number of fused-ring (bicyclic) bond motifs is 3. The van der Waals surface area contributed by atoms with Gasteiger partial charge in [-0.05, 0) is 139 Å². The van der Waals surface area contributed by atoms with Crippen molar-refractivity contribution in [2.75, 3.05) is 13.7 Å². The first-order valence-corrected chi connectivity index (χ1v) is 24.1. The lowest BCUT2D eigenvalue weighted by Crippen LogP contribution is -2.47. The number of amides is 2. The number of nitrogens with one attached hydrogen (secondary N) is 1. The van der Waals surface area contributed by atoms with Crippen LogP contribution in [0.3, 0.4) is 0 Å². The summed E-state index contributed by atoms with van der Waals surface area (Å²) in [5.41, 5.74) is -1.25. The molecule has 0 spiro atoms. The molecular weight excluding hydrogens is 842 g/mol. The van der Waals surface area contributed by atoms with E-state index >= 15 is 9.18 Å². The zero-order valence-corrected chi connectivity index (χ0v) is 39.0. The predicted octanol–water partition coefficient (Wildman–Crippen LogP) is 8.12. The Bertz CT molecular complexity index is 2430. The minimum atomic E-state index is -3.91. The number of pyridine rings is 1. The second kappa shape index (κ2) is 18.4. The van der Waals surface area contributed by atoms with Crippen molar-refractivity contribution in [3.63, 3.8) is 0 Å². The second-order valence-corrected chi connectivity index (χ2v) is 21.7. The molecular formula is C49H62FN3O10S. The SMILES string of the molecule is COc1ccc2c(O[C@@H]3C[C@H]4C(=O)C[C@]5(C(=O)NS(=O)(=O)C6CC6)C[C@H]5/C=C\CC[C@H](C)C[C@@H](C)[C@H](CC(=O)OC(C)(C)C)C(=O)N4C3)nc(-c3ccc(OC(C)C)c(F)c3)cc2c1. The van der Waals surface area contributed by atoms with E-state index < -0.39 is 73.7 Å². The monoisotopic (exact) mass is 903 g/mol. The van der Waals surface area contributed by atoms with Crippen molar-refractivity contribution in [1.82, 2.24) is 14.6 Å². The average Bonchev–Trinajstić information content (AvgIpc) is 4.14. The zero-order chi connectivity index (χ0) is 46.3. The molecule has 1 aromatic heterocycles. The molecule has 4 aliphatic rings. The Morgan fingerprint density at radius 2 is 1.78 bits per heavy atom. The molecule has 2 amide bonds. The number of carbonyl (C=O) groups is 4. The highest BCUT2D eigenvalue weighted by Gasteiger charge is 2.61. The molecule has 3 heterocycles. The Kier molecular flexibility index (Phi) is 13.5. The maximum atomic E-state index is 15.3. The van der Waals surface area contributed by atoms with Crippen molar-refractivity contribution in [3.05, 3.63) is 60.4 Å². The summed E-state index contributed by atoms with van der Waals surface area (Å²) in [7, 11) is -2.36. The Morgan fingerprint density at radius 3 is 2.45 bits per heavy atom. The first-order chi connectivity index (χ1) is 30.2. The van der Waals surface area contributed by atoms with Crippen molar-refractivity contribution >= 4 is 44.4 Å². The number of methoxy groups -OCH3 is 1. The van der Waals surface area contributed by atoms with Gasteiger partial charge in [-0.15, -0.1) is 0 Å². The minimum Gasteiger partial charge on any atom is -0.497 e. The summed E-state index contributed by atoms with van der Waals surface area (Å²) < 4.78 is 67.3. The number of esters is 1. The van der Waals surface area contributed by atoms with E-state index in [1.807, 2.05) is 39.0 Å². The van der Waals surface area contributed by atoms with Crippen LogP contribution in [0, 0.1) is 34.9 Å². The normalized spacial score (nSPS) is 27.2. The lowest BCUT2D eigenvalue weighted by molar-refractivity contribution is -0.160. The Balaban J connectivity index is 1.26. The lowest BCUT2D eigenvalue weighted by atomic mass is 9.82. The Hall–Kier alpha value is -5.05. The van der Waals surface area contributed by atoms with Crippen LogP contribution in [0.25, 0.3) is 22.0 Å². The van der Waals surface area contributed by atoms with Gasteiger partial charge in [-0.25, -0.2) is 17.8 Å². The number of hydrogen-bond acceptors (Lipinski definition) is 11. The summed E-state index contributed by atoms with van der Waals surface area (Å²) in [6.07, 6.45) is 5.77. The molecule has 3 aromatic rings. The molecule has 0 radical (unpaired) electrons. The van der Waals surface area contributed by atoms with Gasteiger partial charge in [0.05, 0.1) is 54.5 Å². The van der Waals surface area contributed by atoms with Crippen LogP contribution in [0.15, 0.2) is 54.6 Å². The fourth-order valence-electron chi connectivity index (χ4n) is 9.29. The first kappa shape index (κ1) is 46.9. The van der Waals surface area contributed by atoms with Gasteiger partial charge >= 0.3 is 5.97 Å². The molecule has 7 atom stereocenters. The minimum absolute atomic E-state index is 0.0342. The van der Waals surface area contributed by atoms with Gasteiger partial charge in [0.2, 0.25) is 27.7 Å². The number of carbonyl (C=O) groups excluding carboxylic acids is 4. The van der Waals surface area contributed by atoms with E-state index in [1.165, 1.54) is 11.0 Å². The van der Waals surface area contributed by atoms with Gasteiger partial charge in [0.1, 0.15) is 17.5 Å². The van der Waals surface area contributed by atoms with Crippen LogP contribution in [0.1, 0.15) is 106 Å². The average molecular weight is 904 g/mol. The van der Waals surface area contributed by atoms with Gasteiger partial charge in [0.15, 0.2) is 17.3 Å². The molecule has 15 heteroatoms. The van der Waals surface area contributed by atoms with E-state index in [0.29, 0.717) is 53.5 Å². The largest absolute Gasteiger partial charge is 0.497 e. The molecule has 2 aromatic carbocycles. The highest BCUT2D eigenvalue weighted by molar-refractivity contribution is 7.90. The third-order valence-electron chi connectivity index (χ3n) is 12.8. The maximum Gasteiger partial charge on any atom is 0.307 e. The van der Waals surface area contributed by atoms with Crippen LogP contribution in [0.5, 0.6) is 17.4 Å². The van der Waals surface area contributed by atoms with Gasteiger partial charge in [0, 0.05) is 23.8 Å². The number of ketones is 1. The van der Waals surface area contributed by atoms with Crippen molar-refractivity contribution in [3.8, 4) is 28.6 Å². The summed E-state index contributed by atoms with van der Waals surface area (Å²) in [6.45, 7) is 12.9. The third kappa shape index (κ3) is 10.7. The number of rotatable bonds is 11. The maximum absolute atomic E-state index is 15.3. The summed E-state index contributed by atoms with van der Waals surface area (Å²) in [4.78, 5) is 63.8. The first-order valence-electron chi connectivity index (χ1n) is 22.6. The van der Waals surface area contributed by atoms with E-state index in [2.05, 4.69) is 11.6 Å². The Labute approximate surface area is 375 Å². The molecule has 7 rings (SSSR count). The number of nitrogens with zero attached hydrogens (tertiary/aromatic N) is 2. The molecule has 2 aliphatic heterocycles. The number of hydrogen-bond donors (Lipinski definition) is 1. The van der Waals surface area contributed by atoms with E-state index in [0.717, 1.165) is 6.42 Å². The molecule has 346 valence electrons. The number of Topliss-reactive ketones (excluding diaryl/α,β-unsaturated/α-hetero) is 1. The topological polar surface area (TPSA) is 167 Å². The molecule has 13 nitrogen and oxygen atoms in total. The lowest BCUT2D eigenvalue weighted by Gasteiger charge is -2.32. The van der Waals surface area contributed by atoms with Crippen LogP contribution in [0.4, 0.5) is 4.39 Å². The summed E-state index contributed by atoms with van der Waals surface area (Å²) in [6, 6.07) is 10.7. The Morgan fingerprint density at radius 1 is 1.03 bits per heavy atom. The molecule has 2 saturated carbocycles. The van der Waals surface area contributed by atoms with Crippen LogP contribution >= 0.6 is 0 Å². The smallest absolute Gasteiger partial charge is 0.307 e. The molecule has 1 N–H and O–H groups in total. The highest BCUT2D eigenvalue weighted by Crippen LogP contribution is 2.57. The molecule has 0 bridgehead atoms. The van der Waals surface area contributed by atoms with Crippen molar-refractivity contribution in [1.29, 1.82) is 0 Å². The number of ether oxygens (including phenoxy) is 4. The second-order valence-electron chi connectivity index (χ2n) is 19.7. The summed E-state index contributed by atoms with van der Waals surface area (Å²) in [5.74, 6) is -3.05. The van der Waals surface area contributed by atoms with E-state index in [1.54, 1.807) is 58.2 Å². The standard InChI is InChI=1S/C49H62FN3O10S/c1-28(2)61-43-18-13-31(21-39(43)50)40-22-32-20-34(60-8)14-17-37(32)45(51-40)62-35-23-41-42(54)26-49(47(57)52-64(58,59)36-15-16-36)25-33(49)12-10-9-11-29(3)19-30(4)38(46(56)53(41)27-35)24-44(55)63-48(5,6)7/h10,12-14,17-18,20-22,28-30,33,35-36,38,41H,9,11,15-16,19,23-27H2,1-8H3,(H,52,57)/b12-10-/t29-,30+,33+,35+,38-,41-,49+/m0/s1. The van der Waals surface area contributed by atoms with Gasteiger partial charge in [-0.3, -0.25) is 23.9 Å². The van der Waals surface area contributed by atoms with Gasteiger partial charge in [0.25, 0.3) is 0 Å². The molecule has 64 heavy (non-hydrogen) atoms. The highest BCUT2D eigenvalue weighted by atomic mass is 32.2. The summed E-state index contributed by atoms with van der Waals surface area (Å²) >= 11 is 0. The van der Waals surface area contributed by atoms with Crippen LogP contribution in [-0.2, 0) is 33.9 Å². The number of aromatic nitrogens is 1. The fraction of sp³-hybridized carbons (Fsp3) is 0.571. The van der Waals surface area contributed by atoms with Crippen molar-refractivity contribution < 1.29 is 50.9 Å². The predicted molar refractivity (Wildman–Crippen MR) is 240 cm³/mol. The quantitative estimate of drug-likeness (QED) is 0.146. The van der Waals surface area contributed by atoms with Crippen LogP contribution in [0.2, 0.25) is 0 Å². The van der Waals surface area contributed by atoms with Gasteiger partial charge in [-0.1, -0.05) is 26.0 Å². The van der Waals surface area contributed by atoms with E-state index in [4.69, 9.17) is 23.9 Å². The van der Waals surface area contributed by atoms with Crippen LogP contribution < -0.4 is 18.9 Å². The molecule has 3 fully saturated rings. The number of halogens is 1. The van der Waals surface area contributed by atoms with Gasteiger partial charge < -0.3 is 23.8 Å². The van der Waals surface area contributed by atoms with Crippen molar-refractivity contribution in [2.45, 2.75) is 135 Å². The van der Waals surface area contributed by atoms with E-state index in [9.17, 15) is 22.8 Å². The number of allylic oxidation sites excluding steroid dienone is 2. The number of benzene rings is 2. The van der Waals surface area contributed by atoms with Gasteiger partial charge in [-0.2, -0.15) is 0 Å².